The zero-order valence-corrected chi connectivity index (χ0v) is 21.4. The first-order valence-corrected chi connectivity index (χ1v) is 12.6. The van der Waals surface area contributed by atoms with Crippen LogP contribution in [0.5, 0.6) is 11.5 Å². The number of hydrogen-bond acceptors (Lipinski definition) is 5. The van der Waals surface area contributed by atoms with E-state index in [9.17, 15) is 18.4 Å². The summed E-state index contributed by atoms with van der Waals surface area (Å²) in [7, 11) is 3.20. The fourth-order valence-corrected chi connectivity index (χ4v) is 5.72. The van der Waals surface area contributed by atoms with Gasteiger partial charge in [-0.1, -0.05) is 13.0 Å². The van der Waals surface area contributed by atoms with Crippen molar-refractivity contribution in [3.8, 4) is 11.5 Å². The third-order valence-electron chi connectivity index (χ3n) is 7.58. The van der Waals surface area contributed by atoms with E-state index in [4.69, 9.17) is 9.47 Å². The smallest absolute Gasteiger partial charge is 0.319 e. The molecule has 1 aliphatic carbocycles. The predicted molar refractivity (Wildman–Crippen MR) is 136 cm³/mol. The zero-order chi connectivity index (χ0) is 26.6. The maximum Gasteiger partial charge on any atom is 0.319 e. The van der Waals surface area contributed by atoms with Gasteiger partial charge in [-0.3, -0.25) is 4.79 Å². The van der Waals surface area contributed by atoms with E-state index in [0.717, 1.165) is 30.5 Å². The molecular weight excluding hydrogens is 482 g/mol. The molecule has 1 saturated carbocycles. The molecule has 0 radical (unpaired) electrons. The number of carbonyl (C=O) groups excluding carboxylic acids is 2. The molecule has 0 bridgehead atoms. The van der Waals surface area contributed by atoms with E-state index in [1.807, 2.05) is 30.0 Å². The topological polar surface area (TPSA) is 91.9 Å². The van der Waals surface area contributed by atoms with E-state index in [1.54, 1.807) is 14.2 Å². The predicted octanol–water partition coefficient (Wildman–Crippen LogP) is 3.80. The van der Waals surface area contributed by atoms with E-state index in [-0.39, 0.29) is 35.6 Å². The fraction of sp³-hybridized carbons (Fsp3) is 0.481. The number of nitrogens with zero attached hydrogens (tertiary/aromatic N) is 1. The number of hydrogen-bond donors (Lipinski definition) is 3. The molecule has 3 atom stereocenters. The van der Waals surface area contributed by atoms with Gasteiger partial charge in [0.2, 0.25) is 5.91 Å². The summed E-state index contributed by atoms with van der Waals surface area (Å²) in [4.78, 5) is 27.7. The molecule has 1 saturated heterocycles. The first kappa shape index (κ1) is 26.7. The molecule has 3 N–H and O–H groups in total. The normalized spacial score (nSPS) is 22.8. The van der Waals surface area contributed by atoms with Crippen LogP contribution in [0.25, 0.3) is 0 Å². The van der Waals surface area contributed by atoms with Crippen LogP contribution in [-0.4, -0.2) is 62.8 Å². The Hall–Kier alpha value is -3.40. The highest BCUT2D eigenvalue weighted by atomic mass is 19.2. The number of halogens is 2. The lowest BCUT2D eigenvalue weighted by Gasteiger charge is -2.45. The van der Waals surface area contributed by atoms with Gasteiger partial charge < -0.3 is 30.3 Å². The summed E-state index contributed by atoms with van der Waals surface area (Å²) in [6, 6.07) is 8.31. The van der Waals surface area contributed by atoms with Gasteiger partial charge in [0, 0.05) is 35.8 Å². The van der Waals surface area contributed by atoms with Gasteiger partial charge in [0.15, 0.2) is 23.1 Å². The van der Waals surface area contributed by atoms with Crippen molar-refractivity contribution in [2.45, 2.75) is 50.1 Å². The Morgan fingerprint density at radius 3 is 2.54 bits per heavy atom. The van der Waals surface area contributed by atoms with Crippen LogP contribution in [0.4, 0.5) is 19.3 Å². The molecule has 2 aromatic carbocycles. The summed E-state index contributed by atoms with van der Waals surface area (Å²) < 4.78 is 37.7. The number of likely N-dealkylation sites (tertiary alicyclic amines) is 1. The lowest BCUT2D eigenvalue weighted by molar-refractivity contribution is -0.132. The lowest BCUT2D eigenvalue weighted by Crippen LogP contribution is -2.55. The number of nitrogens with one attached hydrogen (secondary N) is 3. The number of methoxy groups -OCH3 is 2. The second kappa shape index (κ2) is 11.3. The maximum atomic E-state index is 13.5. The molecule has 0 spiro atoms. The van der Waals surface area contributed by atoms with Crippen LogP contribution in [0.2, 0.25) is 0 Å². The lowest BCUT2D eigenvalue weighted by atomic mass is 9.65. The SMILES string of the molecule is CCNCC(=O)N1CCC2(c3ccc(OC)c(OC)c3)CCC(NC(=O)Nc3ccc(F)c(F)c3)CC12. The molecular formula is C27H34F2N4O4. The minimum absolute atomic E-state index is 0.0288. The zero-order valence-electron chi connectivity index (χ0n) is 21.4. The van der Waals surface area contributed by atoms with E-state index >= 15 is 0 Å². The van der Waals surface area contributed by atoms with Crippen molar-refractivity contribution in [2.24, 2.45) is 0 Å². The highest BCUT2D eigenvalue weighted by molar-refractivity contribution is 5.89. The molecule has 2 fully saturated rings. The summed E-state index contributed by atoms with van der Waals surface area (Å²) in [6.07, 6.45) is 2.83. The standard InChI is InChI=1S/C27H34F2N4O4/c1-4-30-16-25(34)33-12-11-27(17-5-8-22(36-2)23(13-17)37-3)10-9-19(15-24(27)33)32-26(35)31-18-6-7-20(28)21(29)14-18/h5-8,13-14,19,24,30H,4,9-12,15-16H2,1-3H3,(H2,31,32,35). The molecule has 10 heteroatoms. The van der Waals surface area contributed by atoms with Crippen molar-refractivity contribution in [3.05, 3.63) is 53.6 Å². The average molecular weight is 517 g/mol. The van der Waals surface area contributed by atoms with E-state index in [2.05, 4.69) is 16.0 Å². The number of carbonyl (C=O) groups is 2. The van der Waals surface area contributed by atoms with Gasteiger partial charge in [-0.15, -0.1) is 0 Å². The molecule has 1 heterocycles. The second-order valence-corrected chi connectivity index (χ2v) is 9.56. The van der Waals surface area contributed by atoms with Crippen LogP contribution in [-0.2, 0) is 10.2 Å². The van der Waals surface area contributed by atoms with Crippen molar-refractivity contribution < 1.29 is 27.8 Å². The molecule has 1 aliphatic heterocycles. The van der Waals surface area contributed by atoms with Crippen LogP contribution in [0.1, 0.15) is 38.2 Å². The summed E-state index contributed by atoms with van der Waals surface area (Å²) in [6.45, 7) is 3.53. The van der Waals surface area contributed by atoms with Crippen LogP contribution < -0.4 is 25.4 Å². The second-order valence-electron chi connectivity index (χ2n) is 9.56. The number of benzene rings is 2. The number of urea groups is 1. The van der Waals surface area contributed by atoms with Crippen LogP contribution in [0, 0.1) is 11.6 Å². The van der Waals surface area contributed by atoms with Crippen molar-refractivity contribution in [1.29, 1.82) is 0 Å². The molecule has 3 amide bonds. The molecule has 37 heavy (non-hydrogen) atoms. The third-order valence-corrected chi connectivity index (χ3v) is 7.58. The van der Waals surface area contributed by atoms with Crippen molar-refractivity contribution >= 4 is 17.6 Å². The molecule has 2 aliphatic rings. The Morgan fingerprint density at radius 1 is 1.05 bits per heavy atom. The van der Waals surface area contributed by atoms with Gasteiger partial charge in [-0.25, -0.2) is 13.6 Å². The molecule has 8 nitrogen and oxygen atoms in total. The number of fused-ring (bicyclic) bond motifs is 1. The van der Waals surface area contributed by atoms with Crippen molar-refractivity contribution in [3.63, 3.8) is 0 Å². The number of likely N-dealkylation sites (N-methyl/N-ethyl adjacent to an activating group) is 1. The summed E-state index contributed by atoms with van der Waals surface area (Å²) in [5.41, 5.74) is 0.963. The molecule has 2 aromatic rings. The molecule has 0 aromatic heterocycles. The largest absolute Gasteiger partial charge is 0.493 e. The highest BCUT2D eigenvalue weighted by Crippen LogP contribution is 2.50. The van der Waals surface area contributed by atoms with Crippen LogP contribution >= 0.6 is 0 Å². The van der Waals surface area contributed by atoms with Gasteiger partial charge in [-0.05, 0) is 62.1 Å². The molecule has 3 unspecified atom stereocenters. The summed E-state index contributed by atoms with van der Waals surface area (Å²) >= 11 is 0. The molecule has 200 valence electrons. The quantitative estimate of drug-likeness (QED) is 0.497. The number of anilines is 1. The minimum atomic E-state index is -1.03. The first-order valence-electron chi connectivity index (χ1n) is 12.6. The Kier molecular flexibility index (Phi) is 8.16. The Labute approximate surface area is 215 Å². The fourth-order valence-electron chi connectivity index (χ4n) is 5.72. The van der Waals surface area contributed by atoms with Crippen LogP contribution in [0.15, 0.2) is 36.4 Å². The minimum Gasteiger partial charge on any atom is -0.493 e. The number of amides is 3. The van der Waals surface area contributed by atoms with E-state index in [1.165, 1.54) is 6.07 Å². The van der Waals surface area contributed by atoms with Crippen LogP contribution in [0.3, 0.4) is 0 Å². The van der Waals surface area contributed by atoms with Gasteiger partial charge in [-0.2, -0.15) is 0 Å². The molecule has 4 rings (SSSR count). The van der Waals surface area contributed by atoms with Gasteiger partial charge in [0.05, 0.1) is 20.8 Å². The Morgan fingerprint density at radius 2 is 1.84 bits per heavy atom. The Bertz CT molecular complexity index is 1150. The summed E-state index contributed by atoms with van der Waals surface area (Å²) in [5.74, 6) is -0.705. The van der Waals surface area contributed by atoms with Crippen molar-refractivity contribution in [2.75, 3.05) is 39.2 Å². The van der Waals surface area contributed by atoms with E-state index in [0.29, 0.717) is 37.4 Å². The third kappa shape index (κ3) is 5.49. The van der Waals surface area contributed by atoms with Crippen molar-refractivity contribution in [1.82, 2.24) is 15.5 Å². The maximum absolute atomic E-state index is 13.5. The Balaban J connectivity index is 1.55. The van der Waals surface area contributed by atoms with E-state index < -0.39 is 17.7 Å². The van der Waals surface area contributed by atoms with Gasteiger partial charge >= 0.3 is 6.03 Å². The number of rotatable bonds is 8. The first-order chi connectivity index (χ1) is 17.8. The number of ether oxygens (including phenoxy) is 2. The summed E-state index contributed by atoms with van der Waals surface area (Å²) in [5, 5.41) is 8.65. The van der Waals surface area contributed by atoms with Gasteiger partial charge in [0.1, 0.15) is 0 Å². The average Bonchev–Trinajstić information content (AvgIpc) is 3.29. The van der Waals surface area contributed by atoms with Gasteiger partial charge in [0.25, 0.3) is 0 Å². The monoisotopic (exact) mass is 516 g/mol. The highest BCUT2D eigenvalue weighted by Gasteiger charge is 2.53.